The molecular formula is C25H28FN5O3S2. The highest BCUT2D eigenvalue weighted by molar-refractivity contribution is 7.90. The maximum atomic E-state index is 14.9. The number of hydrogen-bond acceptors (Lipinski definition) is 9. The summed E-state index contributed by atoms with van der Waals surface area (Å²) in [5, 5.41) is 1.87. The van der Waals surface area contributed by atoms with Crippen molar-refractivity contribution in [1.29, 1.82) is 0 Å². The molecule has 4 heterocycles. The summed E-state index contributed by atoms with van der Waals surface area (Å²) in [7, 11) is -3.49. The molecule has 2 aromatic heterocycles. The number of aromatic nitrogens is 2. The number of hydrogen-bond donors (Lipinski definition) is 1. The number of rotatable bonds is 5. The lowest BCUT2D eigenvalue weighted by molar-refractivity contribution is 0.0246. The molecule has 1 aliphatic carbocycles. The molecule has 2 fully saturated rings. The molecule has 1 atom stereocenters. The first-order valence-electron chi connectivity index (χ1n) is 12.3. The SMILES string of the molecule is CS(=O)(=O)c1ccc(-c2csc3c(N4CCC(C5(C6CCCC6)N=CON5)CC4)ncnc23)c(F)c1. The number of anilines is 1. The zero-order valence-corrected chi connectivity index (χ0v) is 21.6. The number of sulfone groups is 1. The predicted octanol–water partition coefficient (Wildman–Crippen LogP) is 4.57. The average molecular weight is 530 g/mol. The minimum Gasteiger partial charge on any atom is -0.394 e. The van der Waals surface area contributed by atoms with Crippen LogP contribution in [0.2, 0.25) is 0 Å². The summed E-state index contributed by atoms with van der Waals surface area (Å²) in [4.78, 5) is 21.6. The Morgan fingerprint density at radius 2 is 1.86 bits per heavy atom. The molecule has 3 aromatic rings. The highest BCUT2D eigenvalue weighted by atomic mass is 32.2. The van der Waals surface area contributed by atoms with Crippen LogP contribution in [0.3, 0.4) is 0 Å². The van der Waals surface area contributed by atoms with Gasteiger partial charge in [-0.05, 0) is 37.8 Å². The Labute approximate surface area is 213 Å². The maximum Gasteiger partial charge on any atom is 0.198 e. The number of aliphatic imine (C=N–C) groups is 1. The molecule has 1 aromatic carbocycles. The van der Waals surface area contributed by atoms with Crippen molar-refractivity contribution in [3.63, 3.8) is 0 Å². The van der Waals surface area contributed by atoms with Gasteiger partial charge in [0.05, 0.1) is 15.1 Å². The average Bonchev–Trinajstić information content (AvgIpc) is 3.64. The Morgan fingerprint density at radius 1 is 1.11 bits per heavy atom. The second-order valence-electron chi connectivity index (χ2n) is 9.96. The first kappa shape index (κ1) is 23.7. The summed E-state index contributed by atoms with van der Waals surface area (Å²) in [6, 6.07) is 4.03. The number of nitrogens with zero attached hydrogens (tertiary/aromatic N) is 4. The van der Waals surface area contributed by atoms with Crippen molar-refractivity contribution in [2.45, 2.75) is 49.1 Å². The van der Waals surface area contributed by atoms with E-state index in [0.717, 1.165) is 48.8 Å². The van der Waals surface area contributed by atoms with Gasteiger partial charge in [0.15, 0.2) is 21.9 Å². The van der Waals surface area contributed by atoms with Gasteiger partial charge in [-0.3, -0.25) is 0 Å². The van der Waals surface area contributed by atoms with Gasteiger partial charge in [-0.1, -0.05) is 18.9 Å². The van der Waals surface area contributed by atoms with Gasteiger partial charge in [0.2, 0.25) is 0 Å². The molecule has 3 aliphatic rings. The summed E-state index contributed by atoms with van der Waals surface area (Å²) >= 11 is 1.49. The molecule has 0 bridgehead atoms. The zero-order valence-electron chi connectivity index (χ0n) is 20.0. The van der Waals surface area contributed by atoms with Crippen LogP contribution in [0.15, 0.2) is 39.8 Å². The number of fused-ring (bicyclic) bond motifs is 1. The molecule has 8 nitrogen and oxygen atoms in total. The molecule has 0 amide bonds. The van der Waals surface area contributed by atoms with Gasteiger partial charge >= 0.3 is 0 Å². The lowest BCUT2D eigenvalue weighted by atomic mass is 9.76. The normalized spacial score (nSPS) is 23.6. The lowest BCUT2D eigenvalue weighted by Crippen LogP contribution is -2.54. The molecule has 1 N–H and O–H groups in total. The summed E-state index contributed by atoms with van der Waals surface area (Å²) in [6.45, 7) is 1.68. The number of halogens is 1. The topological polar surface area (TPSA) is 96.8 Å². The van der Waals surface area contributed by atoms with Crippen molar-refractivity contribution >= 4 is 43.6 Å². The molecule has 1 saturated carbocycles. The molecule has 0 radical (unpaired) electrons. The second kappa shape index (κ2) is 9.04. The van der Waals surface area contributed by atoms with Crippen molar-refractivity contribution in [1.82, 2.24) is 15.4 Å². The molecule has 190 valence electrons. The van der Waals surface area contributed by atoms with E-state index in [-0.39, 0.29) is 10.6 Å². The standard InChI is InChI=1S/C25H28FN5O3S2/c1-36(32,33)18-6-7-19(21(26)12-18)20-13-35-23-22(20)27-14-28-24(23)31-10-8-17(9-11-31)25(29-15-34-30-25)16-4-2-3-5-16/h6-7,12-17,30H,2-5,8-11H2,1H3. The highest BCUT2D eigenvalue weighted by Gasteiger charge is 2.49. The molecule has 6 rings (SSSR count). The van der Waals surface area contributed by atoms with Crippen molar-refractivity contribution < 1.29 is 17.6 Å². The van der Waals surface area contributed by atoms with E-state index in [0.29, 0.717) is 28.5 Å². The van der Waals surface area contributed by atoms with E-state index in [2.05, 4.69) is 20.3 Å². The van der Waals surface area contributed by atoms with Gasteiger partial charge < -0.3 is 9.74 Å². The number of benzene rings is 1. The van der Waals surface area contributed by atoms with Crippen molar-refractivity contribution in [2.24, 2.45) is 16.8 Å². The van der Waals surface area contributed by atoms with Crippen LogP contribution in [0.1, 0.15) is 38.5 Å². The van der Waals surface area contributed by atoms with Crippen LogP contribution in [0.25, 0.3) is 21.3 Å². The lowest BCUT2D eigenvalue weighted by Gasteiger charge is -2.43. The Hall–Kier alpha value is -2.63. The minimum atomic E-state index is -3.49. The van der Waals surface area contributed by atoms with Crippen LogP contribution in [-0.2, 0) is 14.7 Å². The number of nitrogens with one attached hydrogen (secondary N) is 1. The number of hydroxylamine groups is 1. The smallest absolute Gasteiger partial charge is 0.198 e. The third-order valence-corrected chi connectivity index (χ3v) is 10.0. The van der Waals surface area contributed by atoms with E-state index in [4.69, 9.17) is 9.83 Å². The molecule has 1 unspecified atom stereocenters. The van der Waals surface area contributed by atoms with Gasteiger partial charge in [-0.2, -0.15) is 0 Å². The molecule has 1 saturated heterocycles. The Morgan fingerprint density at radius 3 is 2.53 bits per heavy atom. The fourth-order valence-electron chi connectivity index (χ4n) is 6.07. The minimum absolute atomic E-state index is 0.0386. The molecule has 2 aliphatic heterocycles. The Kier molecular flexibility index (Phi) is 5.96. The first-order valence-corrected chi connectivity index (χ1v) is 15.1. The van der Waals surface area contributed by atoms with Crippen molar-refractivity contribution in [3.8, 4) is 11.1 Å². The third kappa shape index (κ3) is 3.97. The predicted molar refractivity (Wildman–Crippen MR) is 138 cm³/mol. The van der Waals surface area contributed by atoms with E-state index in [1.54, 1.807) is 6.40 Å². The summed E-state index contributed by atoms with van der Waals surface area (Å²) in [5.74, 6) is 1.16. The van der Waals surface area contributed by atoms with Gasteiger partial charge in [0.1, 0.15) is 18.0 Å². The van der Waals surface area contributed by atoms with Gasteiger partial charge in [0, 0.05) is 47.7 Å². The van der Waals surface area contributed by atoms with E-state index in [9.17, 15) is 12.8 Å². The highest BCUT2D eigenvalue weighted by Crippen LogP contribution is 2.45. The van der Waals surface area contributed by atoms with Crippen LogP contribution in [0, 0.1) is 17.7 Å². The van der Waals surface area contributed by atoms with Gasteiger partial charge in [-0.25, -0.2) is 27.8 Å². The quantitative estimate of drug-likeness (QED) is 0.517. The van der Waals surface area contributed by atoms with Crippen LogP contribution in [0.5, 0.6) is 0 Å². The largest absolute Gasteiger partial charge is 0.394 e. The van der Waals surface area contributed by atoms with E-state index >= 15 is 0 Å². The van der Waals surface area contributed by atoms with Gasteiger partial charge in [-0.15, -0.1) is 16.8 Å². The van der Waals surface area contributed by atoms with Crippen molar-refractivity contribution in [2.75, 3.05) is 24.2 Å². The maximum absolute atomic E-state index is 14.9. The Bertz CT molecular complexity index is 1430. The second-order valence-corrected chi connectivity index (χ2v) is 12.9. The van der Waals surface area contributed by atoms with E-state index in [1.807, 2.05) is 5.38 Å². The van der Waals surface area contributed by atoms with E-state index in [1.165, 1.54) is 55.5 Å². The molecule has 0 spiro atoms. The van der Waals surface area contributed by atoms with Crippen LogP contribution in [-0.4, -0.2) is 49.8 Å². The zero-order chi connectivity index (χ0) is 24.9. The summed E-state index contributed by atoms with van der Waals surface area (Å²) < 4.78 is 39.5. The van der Waals surface area contributed by atoms with Crippen LogP contribution >= 0.6 is 11.3 Å². The fourth-order valence-corrected chi connectivity index (χ4v) is 7.74. The first-order chi connectivity index (χ1) is 17.4. The third-order valence-electron chi connectivity index (χ3n) is 7.93. The Balaban J connectivity index is 1.26. The monoisotopic (exact) mass is 529 g/mol. The van der Waals surface area contributed by atoms with Crippen molar-refractivity contribution in [3.05, 3.63) is 35.7 Å². The molecular weight excluding hydrogens is 501 g/mol. The summed E-state index contributed by atoms with van der Waals surface area (Å²) in [5.41, 5.74) is 4.60. The molecule has 11 heteroatoms. The fraction of sp³-hybridized carbons (Fsp3) is 0.480. The van der Waals surface area contributed by atoms with Crippen LogP contribution < -0.4 is 10.4 Å². The van der Waals surface area contributed by atoms with Gasteiger partial charge in [0.25, 0.3) is 0 Å². The number of piperidine rings is 1. The van der Waals surface area contributed by atoms with Crippen LogP contribution in [0.4, 0.5) is 10.2 Å². The van der Waals surface area contributed by atoms with E-state index < -0.39 is 15.7 Å². The molecule has 36 heavy (non-hydrogen) atoms. The summed E-state index contributed by atoms with van der Waals surface area (Å²) in [6.07, 6.45) is 11.0. The number of thiophene rings is 1.